The minimum Gasteiger partial charge on any atom is -0.378 e. The van der Waals surface area contributed by atoms with Crippen LogP contribution in [0.3, 0.4) is 0 Å². The van der Waals surface area contributed by atoms with Crippen molar-refractivity contribution in [3.05, 3.63) is 75.8 Å². The number of fused-ring (bicyclic) bond motifs is 1. The molecule has 1 fully saturated rings. The number of benzene rings is 1. The van der Waals surface area contributed by atoms with E-state index >= 15 is 0 Å². The molecule has 9 heteroatoms. The van der Waals surface area contributed by atoms with E-state index < -0.39 is 0 Å². The second-order valence-corrected chi connectivity index (χ2v) is 8.75. The number of ether oxygens (including phenoxy) is 1. The Kier molecular flexibility index (Phi) is 5.67. The third kappa shape index (κ3) is 4.01. The summed E-state index contributed by atoms with van der Waals surface area (Å²) in [4.78, 5) is 19.5. The Morgan fingerprint density at radius 2 is 1.84 bits per heavy atom. The maximum atomic E-state index is 12.6. The van der Waals surface area contributed by atoms with Crippen molar-refractivity contribution < 1.29 is 4.74 Å². The van der Waals surface area contributed by atoms with Crippen LogP contribution in [0.15, 0.2) is 58.6 Å². The molecular weight excluding hydrogens is 424 g/mol. The molecule has 4 aromatic rings. The average molecular weight is 449 g/mol. The predicted molar refractivity (Wildman–Crippen MR) is 125 cm³/mol. The second kappa shape index (κ2) is 8.76. The molecule has 5 rings (SSSR count). The van der Waals surface area contributed by atoms with Crippen LogP contribution < -0.4 is 10.5 Å². The Hall–Kier alpha value is -3.17. The monoisotopic (exact) mass is 448 g/mol. The van der Waals surface area contributed by atoms with E-state index in [0.717, 1.165) is 41.1 Å². The van der Waals surface area contributed by atoms with Crippen LogP contribution in [0.5, 0.6) is 0 Å². The van der Waals surface area contributed by atoms with Gasteiger partial charge in [-0.2, -0.15) is 0 Å². The number of nitrogens with zero attached hydrogens (tertiary/aromatic N) is 6. The minimum atomic E-state index is -0.0803. The van der Waals surface area contributed by atoms with E-state index in [1.54, 1.807) is 16.7 Å². The summed E-state index contributed by atoms with van der Waals surface area (Å²) in [5.74, 6) is 1.33. The van der Waals surface area contributed by atoms with Gasteiger partial charge in [0, 0.05) is 31.1 Å². The van der Waals surface area contributed by atoms with Gasteiger partial charge in [0.2, 0.25) is 5.95 Å². The molecular formula is C23H24N6O2S. The summed E-state index contributed by atoms with van der Waals surface area (Å²) in [5, 5.41) is 9.76. The highest BCUT2D eigenvalue weighted by Crippen LogP contribution is 2.29. The quantitative estimate of drug-likeness (QED) is 0.434. The molecule has 8 nitrogen and oxygen atoms in total. The number of anilines is 1. The van der Waals surface area contributed by atoms with Crippen LogP contribution in [0, 0.1) is 13.8 Å². The lowest BCUT2D eigenvalue weighted by molar-refractivity contribution is 0.122. The molecule has 1 aliphatic rings. The van der Waals surface area contributed by atoms with Crippen molar-refractivity contribution in [3.63, 3.8) is 0 Å². The zero-order valence-corrected chi connectivity index (χ0v) is 18.9. The van der Waals surface area contributed by atoms with Crippen molar-refractivity contribution >= 4 is 23.4 Å². The van der Waals surface area contributed by atoms with E-state index in [1.165, 1.54) is 17.3 Å². The first kappa shape index (κ1) is 20.7. The van der Waals surface area contributed by atoms with Gasteiger partial charge in [-0.1, -0.05) is 35.5 Å². The van der Waals surface area contributed by atoms with Crippen molar-refractivity contribution in [1.29, 1.82) is 0 Å². The Morgan fingerprint density at radius 3 is 2.62 bits per heavy atom. The fraction of sp³-hybridized carbons (Fsp3) is 0.304. The number of morpholine rings is 1. The maximum Gasteiger partial charge on any atom is 0.258 e. The summed E-state index contributed by atoms with van der Waals surface area (Å²) >= 11 is 1.53. The summed E-state index contributed by atoms with van der Waals surface area (Å²) in [5.41, 5.74) is 4.50. The lowest BCUT2D eigenvalue weighted by Gasteiger charge is -2.28. The number of thioether (sulfide) groups is 1. The molecule has 0 unspecified atom stereocenters. The van der Waals surface area contributed by atoms with Gasteiger partial charge >= 0.3 is 0 Å². The molecule has 0 bridgehead atoms. The normalized spacial score (nSPS) is 14.2. The standard InChI is InChI=1S/C23H24N6O2S/c1-16-5-7-19(8-6-16)29-22(27-10-12-31-13-11-27)25-26-23(29)32-15-18-14-20(30)28-9-3-4-17(2)21(28)24-18/h3-9,14H,10-13,15H2,1-2H3. The first-order valence-electron chi connectivity index (χ1n) is 10.6. The number of hydrogen-bond acceptors (Lipinski definition) is 7. The van der Waals surface area contributed by atoms with Crippen LogP contribution in [0.1, 0.15) is 16.8 Å². The SMILES string of the molecule is Cc1ccc(-n2c(SCc3cc(=O)n4cccc(C)c4n3)nnc2N2CCOCC2)cc1. The van der Waals surface area contributed by atoms with E-state index in [4.69, 9.17) is 9.72 Å². The number of hydrogen-bond donors (Lipinski definition) is 0. The van der Waals surface area contributed by atoms with E-state index in [0.29, 0.717) is 24.6 Å². The summed E-state index contributed by atoms with van der Waals surface area (Å²) in [6.45, 7) is 6.93. The van der Waals surface area contributed by atoms with Crippen molar-refractivity contribution in [3.8, 4) is 5.69 Å². The Morgan fingerprint density at radius 1 is 1.06 bits per heavy atom. The van der Waals surface area contributed by atoms with Crippen molar-refractivity contribution in [1.82, 2.24) is 24.1 Å². The van der Waals surface area contributed by atoms with Crippen LogP contribution in [0.4, 0.5) is 5.95 Å². The highest BCUT2D eigenvalue weighted by Gasteiger charge is 2.22. The summed E-state index contributed by atoms with van der Waals surface area (Å²) in [7, 11) is 0. The third-order valence-corrected chi connectivity index (χ3v) is 6.45. The topological polar surface area (TPSA) is 77.5 Å². The molecule has 1 aliphatic heterocycles. The molecule has 3 aromatic heterocycles. The first-order chi connectivity index (χ1) is 15.6. The molecule has 32 heavy (non-hydrogen) atoms. The van der Waals surface area contributed by atoms with Gasteiger partial charge in [0.05, 0.1) is 24.6 Å². The molecule has 0 N–H and O–H groups in total. The van der Waals surface area contributed by atoms with Gasteiger partial charge in [-0.05, 0) is 37.6 Å². The van der Waals surface area contributed by atoms with E-state index in [1.807, 2.05) is 19.1 Å². The van der Waals surface area contributed by atoms with E-state index in [2.05, 4.69) is 50.9 Å². The molecule has 4 heterocycles. The highest BCUT2D eigenvalue weighted by molar-refractivity contribution is 7.98. The van der Waals surface area contributed by atoms with Gasteiger partial charge in [0.25, 0.3) is 5.56 Å². The fourth-order valence-electron chi connectivity index (χ4n) is 3.76. The van der Waals surface area contributed by atoms with Gasteiger partial charge in [0.1, 0.15) is 5.65 Å². The van der Waals surface area contributed by atoms with Gasteiger partial charge in [-0.25, -0.2) is 4.98 Å². The molecule has 0 aliphatic carbocycles. The van der Waals surface area contributed by atoms with Crippen LogP contribution in [-0.2, 0) is 10.5 Å². The second-order valence-electron chi connectivity index (χ2n) is 7.81. The molecule has 0 amide bonds. The van der Waals surface area contributed by atoms with Crippen LogP contribution in [0.2, 0.25) is 0 Å². The lowest BCUT2D eigenvalue weighted by Crippen LogP contribution is -2.37. The molecule has 0 saturated carbocycles. The number of aromatic nitrogens is 5. The van der Waals surface area contributed by atoms with Gasteiger partial charge in [0.15, 0.2) is 5.16 Å². The third-order valence-electron chi connectivity index (χ3n) is 5.49. The predicted octanol–water partition coefficient (Wildman–Crippen LogP) is 3.02. The Labute approximate surface area is 189 Å². The molecule has 0 atom stereocenters. The average Bonchev–Trinajstić information content (AvgIpc) is 3.23. The van der Waals surface area contributed by atoms with E-state index in [-0.39, 0.29) is 5.56 Å². The zero-order chi connectivity index (χ0) is 22.1. The number of rotatable bonds is 5. The van der Waals surface area contributed by atoms with Crippen molar-refractivity contribution in [2.75, 3.05) is 31.2 Å². The molecule has 0 spiro atoms. The Bertz CT molecular complexity index is 1310. The molecule has 0 radical (unpaired) electrons. The summed E-state index contributed by atoms with van der Waals surface area (Å²) in [6, 6.07) is 13.7. The lowest BCUT2D eigenvalue weighted by atomic mass is 10.2. The van der Waals surface area contributed by atoms with Gasteiger partial charge < -0.3 is 9.64 Å². The number of pyridine rings is 1. The van der Waals surface area contributed by atoms with Crippen molar-refractivity contribution in [2.45, 2.75) is 24.8 Å². The highest BCUT2D eigenvalue weighted by atomic mass is 32.2. The minimum absolute atomic E-state index is 0.0803. The van der Waals surface area contributed by atoms with Crippen LogP contribution in [-0.4, -0.2) is 50.5 Å². The largest absolute Gasteiger partial charge is 0.378 e. The zero-order valence-electron chi connectivity index (χ0n) is 18.1. The van der Waals surface area contributed by atoms with Crippen LogP contribution >= 0.6 is 11.8 Å². The smallest absolute Gasteiger partial charge is 0.258 e. The Balaban J connectivity index is 1.49. The van der Waals surface area contributed by atoms with E-state index in [9.17, 15) is 4.79 Å². The maximum absolute atomic E-state index is 12.6. The van der Waals surface area contributed by atoms with Crippen molar-refractivity contribution in [2.24, 2.45) is 0 Å². The summed E-state index contributed by atoms with van der Waals surface area (Å²) < 4.78 is 9.16. The molecule has 164 valence electrons. The molecule has 1 saturated heterocycles. The van der Waals surface area contributed by atoms with Gasteiger partial charge in [-0.3, -0.25) is 13.8 Å². The number of aryl methyl sites for hydroxylation is 2. The van der Waals surface area contributed by atoms with Gasteiger partial charge in [-0.15, -0.1) is 10.2 Å². The fourth-order valence-corrected chi connectivity index (χ4v) is 4.60. The van der Waals surface area contributed by atoms with Crippen LogP contribution in [0.25, 0.3) is 11.3 Å². The first-order valence-corrected chi connectivity index (χ1v) is 11.5. The summed E-state index contributed by atoms with van der Waals surface area (Å²) in [6.07, 6.45) is 1.75. The molecule has 1 aromatic carbocycles.